The second-order valence-electron chi connectivity index (χ2n) is 6.94. The quantitative estimate of drug-likeness (QED) is 0.885. The normalized spacial score (nSPS) is 17.8. The van der Waals surface area contributed by atoms with E-state index in [1.165, 1.54) is 27.1 Å². The number of rotatable bonds is 4. The third-order valence-corrected chi connectivity index (χ3v) is 6.10. The van der Waals surface area contributed by atoms with Gasteiger partial charge in [0.05, 0.1) is 12.0 Å². The van der Waals surface area contributed by atoms with Crippen molar-refractivity contribution in [1.29, 1.82) is 0 Å². The monoisotopic (exact) mass is 343 g/mol. The molecule has 1 fully saturated rings. The number of thiophene rings is 1. The van der Waals surface area contributed by atoms with Crippen molar-refractivity contribution >= 4 is 17.3 Å². The Bertz CT molecular complexity index is 729. The van der Waals surface area contributed by atoms with Crippen molar-refractivity contribution in [1.82, 2.24) is 4.90 Å². The fraction of sp³-hybridized carbons (Fsp3) is 0.450. The maximum atomic E-state index is 11.3. The van der Waals surface area contributed by atoms with E-state index >= 15 is 0 Å². The molecule has 1 atom stereocenters. The van der Waals surface area contributed by atoms with Crippen LogP contribution in [0, 0.1) is 26.7 Å². The first-order chi connectivity index (χ1) is 11.5. The fourth-order valence-electron chi connectivity index (χ4n) is 3.59. The van der Waals surface area contributed by atoms with Crippen LogP contribution in [0.4, 0.5) is 0 Å². The smallest absolute Gasteiger partial charge is 0.306 e. The second kappa shape index (κ2) is 7.08. The molecule has 0 spiro atoms. The molecule has 1 unspecified atom stereocenters. The number of piperidine rings is 1. The number of carboxylic acids is 1. The Kier molecular flexibility index (Phi) is 5.07. The van der Waals surface area contributed by atoms with Crippen LogP contribution in [0.1, 0.15) is 46.0 Å². The molecule has 0 amide bonds. The summed E-state index contributed by atoms with van der Waals surface area (Å²) in [6, 6.07) is 9.16. The summed E-state index contributed by atoms with van der Waals surface area (Å²) in [4.78, 5) is 15.1. The molecule has 0 saturated carbocycles. The zero-order valence-electron chi connectivity index (χ0n) is 14.6. The highest BCUT2D eigenvalue weighted by Gasteiger charge is 2.31. The van der Waals surface area contributed by atoms with Gasteiger partial charge < -0.3 is 5.11 Å². The fourth-order valence-corrected chi connectivity index (χ4v) is 4.63. The van der Waals surface area contributed by atoms with Crippen LogP contribution in [0.25, 0.3) is 0 Å². The summed E-state index contributed by atoms with van der Waals surface area (Å²) in [7, 11) is 0. The lowest BCUT2D eigenvalue weighted by Crippen LogP contribution is -2.39. The van der Waals surface area contributed by atoms with E-state index in [0.29, 0.717) is 0 Å². The SMILES string of the molecule is Cc1csc(C(c2cc(C)ccc2C)N2CCC(C(=O)O)CC2)c1. The van der Waals surface area contributed by atoms with Crippen molar-refractivity contribution in [2.75, 3.05) is 13.1 Å². The molecule has 3 rings (SSSR count). The lowest BCUT2D eigenvalue weighted by Gasteiger charge is -2.37. The van der Waals surface area contributed by atoms with Crippen molar-refractivity contribution in [2.24, 2.45) is 5.92 Å². The predicted molar refractivity (Wildman–Crippen MR) is 98.7 cm³/mol. The zero-order chi connectivity index (χ0) is 17.3. The van der Waals surface area contributed by atoms with E-state index in [0.717, 1.165) is 25.9 Å². The minimum Gasteiger partial charge on any atom is -0.481 e. The standard InChI is InChI=1S/C20H25NO2S/c1-13-4-5-15(3)17(10-13)19(18-11-14(2)12-24-18)21-8-6-16(7-9-21)20(22)23/h4-5,10-12,16,19H,6-9H2,1-3H3,(H,22,23). The average molecular weight is 343 g/mol. The Labute approximate surface area is 147 Å². The number of hydrogen-bond donors (Lipinski definition) is 1. The van der Waals surface area contributed by atoms with Gasteiger partial charge in [0.15, 0.2) is 0 Å². The molecule has 4 heteroatoms. The summed E-state index contributed by atoms with van der Waals surface area (Å²) in [5, 5.41) is 11.5. The van der Waals surface area contributed by atoms with E-state index in [1.807, 2.05) is 11.3 Å². The number of aryl methyl sites for hydroxylation is 3. The van der Waals surface area contributed by atoms with Crippen molar-refractivity contribution in [2.45, 2.75) is 39.7 Å². The Morgan fingerprint density at radius 2 is 1.88 bits per heavy atom. The average Bonchev–Trinajstić information content (AvgIpc) is 2.97. The van der Waals surface area contributed by atoms with Crippen LogP contribution < -0.4 is 0 Å². The third-order valence-electron chi connectivity index (χ3n) is 4.99. The minimum atomic E-state index is -0.648. The first kappa shape index (κ1) is 17.2. The van der Waals surface area contributed by atoms with Gasteiger partial charge in [0, 0.05) is 4.88 Å². The summed E-state index contributed by atoms with van der Waals surface area (Å²) in [6.07, 6.45) is 1.47. The van der Waals surface area contributed by atoms with Gasteiger partial charge in [-0.2, -0.15) is 0 Å². The number of likely N-dealkylation sites (tertiary alicyclic amines) is 1. The molecule has 1 aliphatic heterocycles. The molecule has 0 aliphatic carbocycles. The van der Waals surface area contributed by atoms with Crippen LogP contribution >= 0.6 is 11.3 Å². The van der Waals surface area contributed by atoms with Crippen LogP contribution in [0.15, 0.2) is 29.6 Å². The van der Waals surface area contributed by atoms with Gasteiger partial charge in [-0.05, 0) is 74.8 Å². The maximum Gasteiger partial charge on any atom is 0.306 e. The number of carbonyl (C=O) groups is 1. The molecule has 128 valence electrons. The van der Waals surface area contributed by atoms with E-state index < -0.39 is 5.97 Å². The van der Waals surface area contributed by atoms with E-state index in [1.54, 1.807) is 0 Å². The number of carboxylic acid groups (broad SMARTS) is 1. The molecule has 0 bridgehead atoms. The van der Waals surface area contributed by atoms with E-state index in [-0.39, 0.29) is 12.0 Å². The number of aliphatic carboxylic acids is 1. The van der Waals surface area contributed by atoms with Crippen molar-refractivity contribution in [3.05, 3.63) is 56.8 Å². The molecule has 1 aromatic carbocycles. The van der Waals surface area contributed by atoms with Crippen LogP contribution in [0.3, 0.4) is 0 Å². The summed E-state index contributed by atoms with van der Waals surface area (Å²) in [6.45, 7) is 8.12. The van der Waals surface area contributed by atoms with Crippen molar-refractivity contribution < 1.29 is 9.90 Å². The van der Waals surface area contributed by atoms with Crippen molar-refractivity contribution in [3.63, 3.8) is 0 Å². The molecule has 3 nitrogen and oxygen atoms in total. The summed E-state index contributed by atoms with van der Waals surface area (Å²) >= 11 is 1.81. The first-order valence-corrected chi connectivity index (χ1v) is 9.42. The highest BCUT2D eigenvalue weighted by atomic mass is 32.1. The Morgan fingerprint density at radius 1 is 1.17 bits per heavy atom. The molecule has 1 aliphatic rings. The number of nitrogens with zero attached hydrogens (tertiary/aromatic N) is 1. The summed E-state index contributed by atoms with van der Waals surface area (Å²) in [5.41, 5.74) is 5.22. The molecule has 1 saturated heterocycles. The van der Waals surface area contributed by atoms with Gasteiger partial charge in [0.1, 0.15) is 0 Å². The minimum absolute atomic E-state index is 0.189. The maximum absolute atomic E-state index is 11.3. The lowest BCUT2D eigenvalue weighted by atomic mass is 9.91. The van der Waals surface area contributed by atoms with Gasteiger partial charge in [-0.15, -0.1) is 11.3 Å². The highest BCUT2D eigenvalue weighted by Crippen LogP contribution is 2.37. The predicted octanol–water partition coefficient (Wildman–Crippen LogP) is 4.56. The van der Waals surface area contributed by atoms with Gasteiger partial charge in [0.2, 0.25) is 0 Å². The number of benzene rings is 1. The van der Waals surface area contributed by atoms with E-state index in [4.69, 9.17) is 0 Å². The van der Waals surface area contributed by atoms with Gasteiger partial charge in [-0.3, -0.25) is 9.69 Å². The Morgan fingerprint density at radius 3 is 2.46 bits per heavy atom. The van der Waals surface area contributed by atoms with Gasteiger partial charge in [0.25, 0.3) is 0 Å². The first-order valence-electron chi connectivity index (χ1n) is 8.54. The Hall–Kier alpha value is -1.65. The highest BCUT2D eigenvalue weighted by molar-refractivity contribution is 7.10. The van der Waals surface area contributed by atoms with Crippen LogP contribution in [0.5, 0.6) is 0 Å². The molecule has 1 aromatic heterocycles. The zero-order valence-corrected chi connectivity index (χ0v) is 15.4. The molecule has 2 aromatic rings. The molecule has 2 heterocycles. The van der Waals surface area contributed by atoms with Gasteiger partial charge >= 0.3 is 5.97 Å². The molecule has 0 radical (unpaired) electrons. The largest absolute Gasteiger partial charge is 0.481 e. The molecular weight excluding hydrogens is 318 g/mol. The molecule has 1 N–H and O–H groups in total. The lowest BCUT2D eigenvalue weighted by molar-refractivity contribution is -0.143. The van der Waals surface area contributed by atoms with Gasteiger partial charge in [-0.25, -0.2) is 0 Å². The molecule has 24 heavy (non-hydrogen) atoms. The van der Waals surface area contributed by atoms with Gasteiger partial charge in [-0.1, -0.05) is 23.8 Å². The van der Waals surface area contributed by atoms with Crippen LogP contribution in [0.2, 0.25) is 0 Å². The second-order valence-corrected chi connectivity index (χ2v) is 7.88. The molecular formula is C20H25NO2S. The third kappa shape index (κ3) is 3.55. The number of hydrogen-bond acceptors (Lipinski definition) is 3. The van der Waals surface area contributed by atoms with Crippen LogP contribution in [-0.2, 0) is 4.79 Å². The van der Waals surface area contributed by atoms with Crippen LogP contribution in [-0.4, -0.2) is 29.1 Å². The summed E-state index contributed by atoms with van der Waals surface area (Å²) in [5.74, 6) is -0.838. The summed E-state index contributed by atoms with van der Waals surface area (Å²) < 4.78 is 0. The van der Waals surface area contributed by atoms with E-state index in [2.05, 4.69) is 55.3 Å². The Balaban J connectivity index is 1.95. The van der Waals surface area contributed by atoms with Crippen molar-refractivity contribution in [3.8, 4) is 0 Å². The topological polar surface area (TPSA) is 40.5 Å². The van der Waals surface area contributed by atoms with E-state index in [9.17, 15) is 9.90 Å².